The Morgan fingerprint density at radius 3 is 2.75 bits per heavy atom. The van der Waals surface area contributed by atoms with E-state index in [1.165, 1.54) is 35.5 Å². The van der Waals surface area contributed by atoms with E-state index >= 15 is 0 Å². The first-order valence-electron chi connectivity index (χ1n) is 7.27. The number of halogens is 1. The maximum atomic E-state index is 13.1. The number of thiophene rings is 1. The van der Waals surface area contributed by atoms with Crippen molar-refractivity contribution in [2.45, 2.75) is 12.1 Å². The molecule has 1 fully saturated rings. The van der Waals surface area contributed by atoms with E-state index in [2.05, 4.69) is 0 Å². The van der Waals surface area contributed by atoms with Gasteiger partial charge in [0.2, 0.25) is 0 Å². The van der Waals surface area contributed by atoms with Crippen molar-refractivity contribution in [1.29, 1.82) is 0 Å². The first-order valence-corrected chi connectivity index (χ1v) is 8.09. The van der Waals surface area contributed by atoms with Gasteiger partial charge in [-0.05, 0) is 29.3 Å². The Hall–Kier alpha value is -2.45. The zero-order valence-corrected chi connectivity index (χ0v) is 13.4. The summed E-state index contributed by atoms with van der Waals surface area (Å²) in [5, 5.41) is 10.7. The number of methoxy groups -OCH3 is 1. The van der Waals surface area contributed by atoms with Gasteiger partial charge in [0.1, 0.15) is 11.9 Å². The molecule has 1 N–H and O–H groups in total. The maximum absolute atomic E-state index is 13.1. The number of esters is 1. The highest BCUT2D eigenvalue weighted by Crippen LogP contribution is 2.49. The summed E-state index contributed by atoms with van der Waals surface area (Å²) in [7, 11) is 1.26. The van der Waals surface area contributed by atoms with E-state index in [-0.39, 0.29) is 12.4 Å². The second-order valence-corrected chi connectivity index (χ2v) is 6.74. The molecule has 2 aliphatic heterocycles. The van der Waals surface area contributed by atoms with Crippen molar-refractivity contribution in [2.75, 3.05) is 13.7 Å². The summed E-state index contributed by atoms with van der Waals surface area (Å²) in [6.45, 7) is 0.224. The standard InChI is InChI=1S/C16H13FN2O4S/c1-23-15(20)13-14-10(11-7-18(13)16(21)19(11)22)6-12(24-14)8-2-4-9(17)5-3-8/h2-6,11,13,22H,7H2,1H3/t11-,13-/m0/s1. The van der Waals surface area contributed by atoms with Crippen LogP contribution >= 0.6 is 11.3 Å². The highest BCUT2D eigenvalue weighted by molar-refractivity contribution is 7.15. The third kappa shape index (κ3) is 2.03. The van der Waals surface area contributed by atoms with Gasteiger partial charge in [0.25, 0.3) is 0 Å². The lowest BCUT2D eigenvalue weighted by molar-refractivity contribution is -0.146. The van der Waals surface area contributed by atoms with Crippen LogP contribution in [0.2, 0.25) is 0 Å². The van der Waals surface area contributed by atoms with Gasteiger partial charge < -0.3 is 9.64 Å². The largest absolute Gasteiger partial charge is 0.467 e. The van der Waals surface area contributed by atoms with Gasteiger partial charge in [0.05, 0.1) is 13.7 Å². The molecule has 1 aromatic carbocycles. The number of urea groups is 1. The van der Waals surface area contributed by atoms with Crippen LogP contribution in [0.4, 0.5) is 9.18 Å². The van der Waals surface area contributed by atoms with Crippen molar-refractivity contribution in [3.05, 3.63) is 46.6 Å². The summed E-state index contributed by atoms with van der Waals surface area (Å²) < 4.78 is 18.0. The Labute approximate surface area is 140 Å². The molecule has 0 saturated carbocycles. The number of amides is 2. The monoisotopic (exact) mass is 348 g/mol. The third-order valence-electron chi connectivity index (χ3n) is 4.37. The number of nitrogens with zero attached hydrogens (tertiary/aromatic N) is 2. The highest BCUT2D eigenvalue weighted by Gasteiger charge is 2.51. The Morgan fingerprint density at radius 1 is 1.38 bits per heavy atom. The van der Waals surface area contributed by atoms with E-state index in [1.807, 2.05) is 6.07 Å². The topological polar surface area (TPSA) is 70.1 Å². The Bertz CT molecular complexity index is 835. The Balaban J connectivity index is 1.84. The summed E-state index contributed by atoms with van der Waals surface area (Å²) >= 11 is 1.34. The minimum atomic E-state index is -0.870. The lowest BCUT2D eigenvalue weighted by atomic mass is 9.98. The molecule has 2 amide bonds. The molecule has 2 aliphatic rings. The van der Waals surface area contributed by atoms with Crippen molar-refractivity contribution in [3.63, 3.8) is 0 Å². The van der Waals surface area contributed by atoms with Crippen molar-refractivity contribution < 1.29 is 23.9 Å². The minimum absolute atomic E-state index is 0.224. The molecule has 24 heavy (non-hydrogen) atoms. The smallest absolute Gasteiger partial charge is 0.345 e. The molecule has 0 spiro atoms. The van der Waals surface area contributed by atoms with Crippen LogP contribution in [0.3, 0.4) is 0 Å². The van der Waals surface area contributed by atoms with Crippen molar-refractivity contribution >= 4 is 23.3 Å². The number of carbonyl (C=O) groups excluding carboxylic acids is 2. The van der Waals surface area contributed by atoms with Gasteiger partial charge in [-0.3, -0.25) is 5.21 Å². The molecule has 0 radical (unpaired) electrons. The number of benzene rings is 1. The number of hydrogen-bond donors (Lipinski definition) is 1. The highest BCUT2D eigenvalue weighted by atomic mass is 32.1. The zero-order valence-electron chi connectivity index (χ0n) is 12.6. The molecular formula is C16H13FN2O4S. The molecule has 8 heteroatoms. The number of hydrogen-bond acceptors (Lipinski definition) is 5. The van der Waals surface area contributed by atoms with Crippen LogP contribution in [0.15, 0.2) is 30.3 Å². The number of fused-ring (bicyclic) bond motifs is 4. The minimum Gasteiger partial charge on any atom is -0.467 e. The summed E-state index contributed by atoms with van der Waals surface area (Å²) in [5.74, 6) is -0.879. The first-order chi connectivity index (χ1) is 11.5. The molecule has 1 saturated heterocycles. The average molecular weight is 348 g/mol. The van der Waals surface area contributed by atoms with E-state index in [1.54, 1.807) is 12.1 Å². The van der Waals surface area contributed by atoms with Crippen LogP contribution in [-0.2, 0) is 9.53 Å². The Kier molecular flexibility index (Phi) is 3.33. The van der Waals surface area contributed by atoms with Crippen LogP contribution in [0.1, 0.15) is 22.5 Å². The number of ether oxygens (including phenoxy) is 1. The Morgan fingerprint density at radius 2 is 2.08 bits per heavy atom. The second-order valence-electron chi connectivity index (χ2n) is 5.66. The summed E-state index contributed by atoms with van der Waals surface area (Å²) in [5.41, 5.74) is 1.53. The summed E-state index contributed by atoms with van der Waals surface area (Å²) in [6.07, 6.45) is 0. The van der Waals surface area contributed by atoms with E-state index in [4.69, 9.17) is 4.74 Å². The van der Waals surface area contributed by atoms with E-state index in [0.29, 0.717) is 9.94 Å². The van der Waals surface area contributed by atoms with Crippen molar-refractivity contribution in [3.8, 4) is 10.4 Å². The van der Waals surface area contributed by atoms with E-state index in [0.717, 1.165) is 16.0 Å². The molecule has 2 aromatic rings. The normalized spacial score (nSPS) is 21.9. The molecule has 3 heterocycles. The third-order valence-corrected chi connectivity index (χ3v) is 5.62. The van der Waals surface area contributed by atoms with Gasteiger partial charge in [-0.2, -0.15) is 5.06 Å². The molecule has 2 atom stereocenters. The summed E-state index contributed by atoms with van der Waals surface area (Å²) in [4.78, 5) is 27.1. The van der Waals surface area contributed by atoms with Crippen LogP contribution in [0.5, 0.6) is 0 Å². The van der Waals surface area contributed by atoms with Gasteiger partial charge in [0, 0.05) is 9.75 Å². The average Bonchev–Trinajstić information content (AvgIpc) is 3.12. The van der Waals surface area contributed by atoms with E-state index in [9.17, 15) is 19.2 Å². The summed E-state index contributed by atoms with van der Waals surface area (Å²) in [6, 6.07) is 5.88. The van der Waals surface area contributed by atoms with Crippen LogP contribution in [0.25, 0.3) is 10.4 Å². The molecule has 1 aromatic heterocycles. The van der Waals surface area contributed by atoms with Gasteiger partial charge in [-0.1, -0.05) is 12.1 Å². The fourth-order valence-electron chi connectivity index (χ4n) is 3.19. The molecule has 0 aliphatic carbocycles. The molecule has 4 rings (SSSR count). The zero-order chi connectivity index (χ0) is 17.0. The van der Waals surface area contributed by atoms with Crippen molar-refractivity contribution in [1.82, 2.24) is 9.96 Å². The van der Waals surface area contributed by atoms with Gasteiger partial charge in [-0.25, -0.2) is 14.0 Å². The fraction of sp³-hybridized carbons (Fsp3) is 0.250. The van der Waals surface area contributed by atoms with Gasteiger partial charge in [0.15, 0.2) is 6.04 Å². The lowest BCUT2D eigenvalue weighted by Crippen LogP contribution is -2.38. The maximum Gasteiger partial charge on any atom is 0.345 e. The predicted molar refractivity (Wildman–Crippen MR) is 82.9 cm³/mol. The molecule has 2 bridgehead atoms. The van der Waals surface area contributed by atoms with Gasteiger partial charge in [-0.15, -0.1) is 11.3 Å². The number of rotatable bonds is 2. The molecular weight excluding hydrogens is 335 g/mol. The lowest BCUT2D eigenvalue weighted by Gasteiger charge is -2.28. The van der Waals surface area contributed by atoms with Crippen LogP contribution in [-0.4, -0.2) is 40.8 Å². The van der Waals surface area contributed by atoms with Crippen LogP contribution < -0.4 is 0 Å². The van der Waals surface area contributed by atoms with Crippen LogP contribution in [0, 0.1) is 5.82 Å². The van der Waals surface area contributed by atoms with Gasteiger partial charge >= 0.3 is 12.0 Å². The fourth-order valence-corrected chi connectivity index (χ4v) is 4.51. The molecule has 124 valence electrons. The second kappa shape index (κ2) is 5.29. The number of hydroxylamine groups is 2. The van der Waals surface area contributed by atoms with E-state index < -0.39 is 24.1 Å². The predicted octanol–water partition coefficient (Wildman–Crippen LogP) is 2.95. The number of carbonyl (C=O) groups is 2. The molecule has 0 unspecified atom stereocenters. The van der Waals surface area contributed by atoms with Crippen molar-refractivity contribution in [2.24, 2.45) is 0 Å². The molecule has 6 nitrogen and oxygen atoms in total. The SMILES string of the molecule is COC(=O)[C@@H]1c2sc(-c3ccc(F)cc3)cc2[C@@H]2CN1C(=O)N2O. The first kappa shape index (κ1) is 15.1. The quantitative estimate of drug-likeness (QED) is 0.669.